The number of ether oxygens (including phenoxy) is 1. The SMILES string of the molecule is CC(C)CCCC(C)CCOc1cccc(-c2ccccc2CCl)c1CCl. The van der Waals surface area contributed by atoms with E-state index in [4.69, 9.17) is 27.9 Å². The number of hydrogen-bond acceptors (Lipinski definition) is 1. The summed E-state index contributed by atoms with van der Waals surface area (Å²) < 4.78 is 6.14. The molecular weight excluding hydrogens is 375 g/mol. The lowest BCUT2D eigenvalue weighted by Crippen LogP contribution is -2.06. The zero-order valence-corrected chi connectivity index (χ0v) is 18.3. The Hall–Kier alpha value is -1.18. The van der Waals surface area contributed by atoms with E-state index in [0.29, 0.717) is 17.7 Å². The van der Waals surface area contributed by atoms with E-state index in [-0.39, 0.29) is 0 Å². The van der Waals surface area contributed by atoms with Crippen molar-refractivity contribution in [2.24, 2.45) is 11.8 Å². The van der Waals surface area contributed by atoms with Crippen molar-refractivity contribution < 1.29 is 4.74 Å². The minimum atomic E-state index is 0.423. The fourth-order valence-corrected chi connectivity index (χ4v) is 3.89. The number of alkyl halides is 2. The standard InChI is InChI=1S/C24H32Cl2O/c1-18(2)8-6-9-19(3)14-15-27-24-13-7-12-22(23(24)17-26)21-11-5-4-10-20(21)16-25/h4-5,7,10-13,18-19H,6,8-9,14-17H2,1-3H3. The highest BCUT2D eigenvalue weighted by Gasteiger charge is 2.13. The first-order chi connectivity index (χ1) is 13.1. The highest BCUT2D eigenvalue weighted by atomic mass is 35.5. The van der Waals surface area contributed by atoms with Crippen LogP contribution >= 0.6 is 23.2 Å². The van der Waals surface area contributed by atoms with Gasteiger partial charge in [0.05, 0.1) is 12.5 Å². The van der Waals surface area contributed by atoms with Crippen LogP contribution in [0.4, 0.5) is 0 Å². The summed E-state index contributed by atoms with van der Waals surface area (Å²) in [6, 6.07) is 14.4. The lowest BCUT2D eigenvalue weighted by atomic mass is 9.96. The zero-order valence-electron chi connectivity index (χ0n) is 16.8. The lowest BCUT2D eigenvalue weighted by Gasteiger charge is -2.17. The van der Waals surface area contributed by atoms with Crippen molar-refractivity contribution >= 4 is 23.2 Å². The monoisotopic (exact) mass is 406 g/mol. The second-order valence-corrected chi connectivity index (χ2v) is 8.31. The molecule has 0 aliphatic heterocycles. The summed E-state index contributed by atoms with van der Waals surface area (Å²) in [7, 11) is 0. The van der Waals surface area contributed by atoms with Gasteiger partial charge in [0.1, 0.15) is 5.75 Å². The van der Waals surface area contributed by atoms with Crippen LogP contribution in [0.25, 0.3) is 11.1 Å². The molecule has 0 spiro atoms. The van der Waals surface area contributed by atoms with Gasteiger partial charge in [0, 0.05) is 11.4 Å². The van der Waals surface area contributed by atoms with Gasteiger partial charge in [-0.1, -0.05) is 76.4 Å². The molecule has 0 aliphatic rings. The quantitative estimate of drug-likeness (QED) is 0.342. The minimum absolute atomic E-state index is 0.423. The number of halogens is 2. The van der Waals surface area contributed by atoms with Crippen LogP contribution in [0.3, 0.4) is 0 Å². The Bertz CT molecular complexity index is 697. The van der Waals surface area contributed by atoms with Crippen LogP contribution < -0.4 is 4.74 Å². The summed E-state index contributed by atoms with van der Waals surface area (Å²) >= 11 is 12.4. The first-order valence-corrected chi connectivity index (χ1v) is 11.1. The summed E-state index contributed by atoms with van der Waals surface area (Å²) in [4.78, 5) is 0. The molecule has 0 aliphatic carbocycles. The van der Waals surface area contributed by atoms with Gasteiger partial charge in [-0.2, -0.15) is 0 Å². The molecular formula is C24H32Cl2O. The Morgan fingerprint density at radius 1 is 0.815 bits per heavy atom. The molecule has 0 aromatic heterocycles. The van der Waals surface area contributed by atoms with Crippen LogP contribution in [-0.4, -0.2) is 6.61 Å². The van der Waals surface area contributed by atoms with Gasteiger partial charge in [-0.25, -0.2) is 0 Å². The van der Waals surface area contributed by atoms with E-state index in [9.17, 15) is 0 Å². The van der Waals surface area contributed by atoms with E-state index >= 15 is 0 Å². The van der Waals surface area contributed by atoms with Crippen LogP contribution in [0.1, 0.15) is 57.6 Å². The van der Waals surface area contributed by atoms with Crippen molar-refractivity contribution in [3.8, 4) is 16.9 Å². The Morgan fingerprint density at radius 3 is 2.26 bits per heavy atom. The zero-order chi connectivity index (χ0) is 19.6. The van der Waals surface area contributed by atoms with E-state index < -0.39 is 0 Å². The highest BCUT2D eigenvalue weighted by Crippen LogP contribution is 2.34. The topological polar surface area (TPSA) is 9.23 Å². The molecule has 2 rings (SSSR count). The maximum absolute atomic E-state index is 6.31. The van der Waals surface area contributed by atoms with Gasteiger partial charge in [-0.3, -0.25) is 0 Å². The normalized spacial score (nSPS) is 12.4. The molecule has 0 radical (unpaired) electrons. The fourth-order valence-electron chi connectivity index (χ4n) is 3.38. The van der Waals surface area contributed by atoms with E-state index in [1.54, 1.807) is 0 Å². The molecule has 0 fully saturated rings. The van der Waals surface area contributed by atoms with Gasteiger partial charge in [-0.15, -0.1) is 23.2 Å². The van der Waals surface area contributed by atoms with Crippen molar-refractivity contribution in [1.29, 1.82) is 0 Å². The third-order valence-corrected chi connectivity index (χ3v) is 5.62. The maximum Gasteiger partial charge on any atom is 0.124 e. The van der Waals surface area contributed by atoms with E-state index in [0.717, 1.165) is 46.9 Å². The number of rotatable bonds is 11. The highest BCUT2D eigenvalue weighted by molar-refractivity contribution is 6.18. The van der Waals surface area contributed by atoms with Crippen molar-refractivity contribution in [2.75, 3.05) is 6.61 Å². The lowest BCUT2D eigenvalue weighted by molar-refractivity contribution is 0.274. The molecule has 2 aromatic rings. The predicted octanol–water partition coefficient (Wildman–Crippen LogP) is 8.06. The summed E-state index contributed by atoms with van der Waals surface area (Å²) in [5.41, 5.74) is 4.41. The van der Waals surface area contributed by atoms with Gasteiger partial charge >= 0.3 is 0 Å². The third kappa shape index (κ3) is 6.73. The maximum atomic E-state index is 6.31. The molecule has 0 saturated heterocycles. The molecule has 0 N–H and O–H groups in total. The van der Waals surface area contributed by atoms with Crippen LogP contribution in [0, 0.1) is 11.8 Å². The van der Waals surface area contributed by atoms with Gasteiger partial charge in [0.25, 0.3) is 0 Å². The van der Waals surface area contributed by atoms with Gasteiger partial charge in [0.15, 0.2) is 0 Å². The number of hydrogen-bond donors (Lipinski definition) is 0. The first kappa shape index (κ1) is 22.1. The van der Waals surface area contributed by atoms with Gasteiger partial charge < -0.3 is 4.74 Å². The smallest absolute Gasteiger partial charge is 0.124 e. The van der Waals surface area contributed by atoms with E-state index in [2.05, 4.69) is 39.0 Å². The summed E-state index contributed by atoms with van der Waals surface area (Å²) in [6.45, 7) is 7.63. The predicted molar refractivity (Wildman–Crippen MR) is 119 cm³/mol. The molecule has 0 saturated carbocycles. The molecule has 148 valence electrons. The van der Waals surface area contributed by atoms with Gasteiger partial charge in [-0.05, 0) is 41.0 Å². The second-order valence-electron chi connectivity index (χ2n) is 7.77. The van der Waals surface area contributed by atoms with E-state index in [1.165, 1.54) is 19.3 Å². The summed E-state index contributed by atoms with van der Waals surface area (Å²) in [5.74, 6) is 3.27. The van der Waals surface area contributed by atoms with E-state index in [1.807, 2.05) is 24.3 Å². The molecule has 0 amide bonds. The Labute approximate surface area is 175 Å². The van der Waals surface area contributed by atoms with Crippen molar-refractivity contribution in [2.45, 2.75) is 58.2 Å². The fraction of sp³-hybridized carbons (Fsp3) is 0.500. The molecule has 2 aromatic carbocycles. The Kier molecular flexibility index (Phi) is 9.51. The van der Waals surface area contributed by atoms with Crippen molar-refractivity contribution in [3.63, 3.8) is 0 Å². The average molecular weight is 407 g/mol. The van der Waals surface area contributed by atoms with Crippen LogP contribution in [0.2, 0.25) is 0 Å². The minimum Gasteiger partial charge on any atom is -0.493 e. The van der Waals surface area contributed by atoms with Crippen molar-refractivity contribution in [3.05, 3.63) is 53.6 Å². The first-order valence-electron chi connectivity index (χ1n) is 10.0. The molecule has 1 atom stereocenters. The van der Waals surface area contributed by atoms with Crippen LogP contribution in [0.5, 0.6) is 5.75 Å². The average Bonchev–Trinajstić information content (AvgIpc) is 2.67. The molecule has 3 heteroatoms. The van der Waals surface area contributed by atoms with Crippen molar-refractivity contribution in [1.82, 2.24) is 0 Å². The van der Waals surface area contributed by atoms with Crippen LogP contribution in [-0.2, 0) is 11.8 Å². The Morgan fingerprint density at radius 2 is 1.56 bits per heavy atom. The molecule has 1 nitrogen and oxygen atoms in total. The summed E-state index contributed by atoms with van der Waals surface area (Å²) in [5, 5.41) is 0. The Balaban J connectivity index is 2.04. The largest absolute Gasteiger partial charge is 0.493 e. The summed E-state index contributed by atoms with van der Waals surface area (Å²) in [6.07, 6.45) is 4.95. The van der Waals surface area contributed by atoms with Crippen LogP contribution in [0.15, 0.2) is 42.5 Å². The molecule has 0 bridgehead atoms. The molecule has 0 heterocycles. The third-order valence-electron chi connectivity index (χ3n) is 5.06. The molecule has 1 unspecified atom stereocenters. The van der Waals surface area contributed by atoms with Gasteiger partial charge in [0.2, 0.25) is 0 Å². The second kappa shape index (κ2) is 11.6. The molecule has 27 heavy (non-hydrogen) atoms. The number of benzene rings is 2.